The van der Waals surface area contributed by atoms with Crippen LogP contribution in [-0.4, -0.2) is 43.6 Å². The topological polar surface area (TPSA) is 64.6 Å². The predicted octanol–water partition coefficient (Wildman–Crippen LogP) is 0.309. The lowest BCUT2D eigenvalue weighted by Gasteiger charge is -2.25. The summed E-state index contributed by atoms with van der Waals surface area (Å²) in [5.41, 5.74) is -0.991. The van der Waals surface area contributed by atoms with E-state index in [2.05, 4.69) is 10.1 Å². The minimum atomic E-state index is -0.991. The highest BCUT2D eigenvalue weighted by Gasteiger charge is 2.43. The molecule has 0 radical (unpaired) electrons. The molecule has 0 bridgehead atoms. The second kappa shape index (κ2) is 4.61. The first-order valence-corrected chi connectivity index (χ1v) is 4.71. The Bertz CT molecular complexity index is 237. The van der Waals surface area contributed by atoms with Gasteiger partial charge in [-0.25, -0.2) is 4.79 Å². The number of halogens is 1. The maximum atomic E-state index is 11.5. The molecule has 5 nitrogen and oxygen atoms in total. The van der Waals surface area contributed by atoms with E-state index in [-0.39, 0.29) is 18.3 Å². The maximum absolute atomic E-state index is 11.5. The molecule has 80 valence electrons. The second-order valence-electron chi connectivity index (χ2n) is 3.06. The highest BCUT2D eigenvalue weighted by molar-refractivity contribution is 6.29. The second-order valence-corrected chi connectivity index (χ2v) is 3.33. The molecule has 1 rings (SSSR count). The van der Waals surface area contributed by atoms with E-state index in [1.165, 1.54) is 7.11 Å². The van der Waals surface area contributed by atoms with Crippen LogP contribution in [0.25, 0.3) is 0 Å². The van der Waals surface area contributed by atoms with E-state index in [4.69, 9.17) is 16.3 Å². The van der Waals surface area contributed by atoms with Crippen molar-refractivity contribution in [1.82, 2.24) is 5.32 Å². The molecule has 6 heteroatoms. The van der Waals surface area contributed by atoms with Gasteiger partial charge in [0.2, 0.25) is 0 Å². The van der Waals surface area contributed by atoms with Gasteiger partial charge in [-0.15, -0.1) is 11.6 Å². The van der Waals surface area contributed by atoms with E-state index in [9.17, 15) is 9.59 Å². The first-order valence-electron chi connectivity index (χ1n) is 4.18. The Morgan fingerprint density at radius 3 is 2.79 bits per heavy atom. The maximum Gasteiger partial charge on any atom is 0.407 e. The fraction of sp³-hybridized carbons (Fsp3) is 0.750. The predicted molar refractivity (Wildman–Crippen MR) is 49.4 cm³/mol. The monoisotopic (exact) mass is 221 g/mol. The van der Waals surface area contributed by atoms with E-state index in [0.29, 0.717) is 13.0 Å². The first kappa shape index (κ1) is 11.3. The summed E-state index contributed by atoms with van der Waals surface area (Å²) in [6.45, 7) is 0.597. The van der Waals surface area contributed by atoms with Crippen LogP contribution in [0.4, 0.5) is 4.79 Å². The number of rotatable bonds is 3. The zero-order valence-electron chi connectivity index (χ0n) is 7.84. The van der Waals surface area contributed by atoms with Crippen LogP contribution in [0, 0.1) is 0 Å². The zero-order chi connectivity index (χ0) is 10.6. The van der Waals surface area contributed by atoms with Crippen LogP contribution in [0.3, 0.4) is 0 Å². The van der Waals surface area contributed by atoms with Crippen molar-refractivity contribution in [2.45, 2.75) is 12.0 Å². The molecule has 1 atom stereocenters. The number of hydrogen-bond acceptors (Lipinski definition) is 4. The Balaban J connectivity index is 2.71. The third kappa shape index (κ3) is 2.16. The molecule has 1 aliphatic heterocycles. The number of hydrogen-bond donors (Lipinski definition) is 1. The zero-order valence-corrected chi connectivity index (χ0v) is 8.60. The van der Waals surface area contributed by atoms with Crippen molar-refractivity contribution in [3.05, 3.63) is 0 Å². The van der Waals surface area contributed by atoms with Crippen LogP contribution in [0.5, 0.6) is 0 Å². The summed E-state index contributed by atoms with van der Waals surface area (Å²) in [5.74, 6) is -0.394. The minimum absolute atomic E-state index is 0.145. The average molecular weight is 222 g/mol. The molecule has 1 fully saturated rings. The van der Waals surface area contributed by atoms with Crippen LogP contribution in [0.15, 0.2) is 0 Å². The third-order valence-corrected chi connectivity index (χ3v) is 2.45. The highest BCUT2D eigenvalue weighted by Crippen LogP contribution is 2.20. The number of amides is 1. The summed E-state index contributed by atoms with van der Waals surface area (Å²) in [7, 11) is 1.24. The molecule has 1 aliphatic rings. The Labute approximate surface area is 86.7 Å². The molecule has 1 N–H and O–H groups in total. The molecule has 0 aliphatic carbocycles. The van der Waals surface area contributed by atoms with Gasteiger partial charge >= 0.3 is 6.09 Å². The lowest BCUT2D eigenvalue weighted by atomic mass is 9.94. The van der Waals surface area contributed by atoms with Gasteiger partial charge in [0.05, 0.1) is 19.6 Å². The Morgan fingerprint density at radius 1 is 1.64 bits per heavy atom. The van der Waals surface area contributed by atoms with Crippen molar-refractivity contribution in [2.24, 2.45) is 0 Å². The van der Waals surface area contributed by atoms with Crippen molar-refractivity contribution in [3.63, 3.8) is 0 Å². The Kier molecular flexibility index (Phi) is 3.71. The number of ether oxygens (including phenoxy) is 2. The van der Waals surface area contributed by atoms with Gasteiger partial charge in [-0.05, 0) is 0 Å². The molecule has 0 saturated carbocycles. The number of methoxy groups -OCH3 is 1. The Hall–Kier alpha value is -0.810. The molecule has 1 saturated heterocycles. The number of carbonyl (C=O) groups excluding carboxylic acids is 2. The molecule has 0 aromatic carbocycles. The SMILES string of the molecule is COC(=O)NC1(C(=O)CCl)CCOC1. The van der Waals surface area contributed by atoms with Crippen LogP contribution < -0.4 is 5.32 Å². The largest absolute Gasteiger partial charge is 0.453 e. The fourth-order valence-electron chi connectivity index (χ4n) is 1.33. The summed E-state index contributed by atoms with van der Waals surface area (Å²) >= 11 is 5.45. The number of Topliss-reactive ketones (excluding diaryl/α,β-unsaturated/α-hetero) is 1. The lowest BCUT2D eigenvalue weighted by Crippen LogP contribution is -2.55. The van der Waals surface area contributed by atoms with Crippen LogP contribution in [-0.2, 0) is 14.3 Å². The smallest absolute Gasteiger partial charge is 0.407 e. The number of alkyl carbamates (subject to hydrolysis) is 1. The normalized spacial score (nSPS) is 25.9. The summed E-state index contributed by atoms with van der Waals surface area (Å²) in [6, 6.07) is 0. The van der Waals surface area contributed by atoms with Crippen LogP contribution in [0.2, 0.25) is 0 Å². The van der Waals surface area contributed by atoms with Gasteiger partial charge in [-0.1, -0.05) is 0 Å². The number of carbonyl (C=O) groups is 2. The summed E-state index contributed by atoms with van der Waals surface area (Å²) < 4.78 is 9.51. The fourth-order valence-corrected chi connectivity index (χ4v) is 1.58. The van der Waals surface area contributed by atoms with Gasteiger partial charge in [0.25, 0.3) is 0 Å². The van der Waals surface area contributed by atoms with Crippen LogP contribution in [0.1, 0.15) is 6.42 Å². The lowest BCUT2D eigenvalue weighted by molar-refractivity contribution is -0.122. The number of nitrogens with one attached hydrogen (secondary N) is 1. The average Bonchev–Trinajstić information content (AvgIpc) is 2.66. The summed E-state index contributed by atoms with van der Waals surface area (Å²) in [6.07, 6.45) is -0.206. The van der Waals surface area contributed by atoms with Gasteiger partial charge in [-0.3, -0.25) is 4.79 Å². The van der Waals surface area contributed by atoms with Gasteiger partial charge < -0.3 is 14.8 Å². The molecule has 1 heterocycles. The molecular weight excluding hydrogens is 210 g/mol. The third-order valence-electron chi connectivity index (χ3n) is 2.20. The summed E-state index contributed by atoms with van der Waals surface area (Å²) in [4.78, 5) is 22.5. The number of alkyl halides is 1. The summed E-state index contributed by atoms with van der Waals surface area (Å²) in [5, 5.41) is 2.47. The van der Waals surface area contributed by atoms with Gasteiger partial charge in [-0.2, -0.15) is 0 Å². The quantitative estimate of drug-likeness (QED) is 0.697. The Morgan fingerprint density at radius 2 is 2.36 bits per heavy atom. The van der Waals surface area contributed by atoms with Crippen molar-refractivity contribution < 1.29 is 19.1 Å². The van der Waals surface area contributed by atoms with Crippen molar-refractivity contribution >= 4 is 23.5 Å². The van der Waals surface area contributed by atoms with E-state index < -0.39 is 11.6 Å². The van der Waals surface area contributed by atoms with E-state index in [0.717, 1.165) is 0 Å². The minimum Gasteiger partial charge on any atom is -0.453 e. The molecule has 0 aromatic heterocycles. The van der Waals surface area contributed by atoms with Gasteiger partial charge in [0.15, 0.2) is 5.78 Å². The van der Waals surface area contributed by atoms with Gasteiger partial charge in [0, 0.05) is 13.0 Å². The molecule has 0 aromatic rings. The van der Waals surface area contributed by atoms with Crippen molar-refractivity contribution in [3.8, 4) is 0 Å². The van der Waals surface area contributed by atoms with Gasteiger partial charge in [0.1, 0.15) is 5.54 Å². The number of ketones is 1. The molecule has 1 amide bonds. The first-order chi connectivity index (χ1) is 6.64. The van der Waals surface area contributed by atoms with E-state index >= 15 is 0 Å². The molecule has 1 unspecified atom stereocenters. The van der Waals surface area contributed by atoms with E-state index in [1.54, 1.807) is 0 Å². The van der Waals surface area contributed by atoms with Crippen molar-refractivity contribution in [1.29, 1.82) is 0 Å². The molecule has 0 spiro atoms. The van der Waals surface area contributed by atoms with E-state index in [1.807, 2.05) is 0 Å². The van der Waals surface area contributed by atoms with Crippen molar-refractivity contribution in [2.75, 3.05) is 26.2 Å². The van der Waals surface area contributed by atoms with Crippen LogP contribution >= 0.6 is 11.6 Å². The highest BCUT2D eigenvalue weighted by atomic mass is 35.5. The molecule has 14 heavy (non-hydrogen) atoms. The standard InChI is InChI=1S/C8H12ClNO4/c1-13-7(12)10-8(6(11)4-9)2-3-14-5-8/h2-5H2,1H3,(H,10,12). The molecular formula is C8H12ClNO4.